The second-order valence-corrected chi connectivity index (χ2v) is 7.37. The number of fused-ring (bicyclic) bond motifs is 1. The molecular formula is C24H24N4O2. The molecule has 0 fully saturated rings. The van der Waals surface area contributed by atoms with E-state index in [1.807, 2.05) is 56.3 Å². The highest BCUT2D eigenvalue weighted by Crippen LogP contribution is 2.19. The summed E-state index contributed by atoms with van der Waals surface area (Å²) in [6, 6.07) is 17.1. The van der Waals surface area contributed by atoms with Gasteiger partial charge in [-0.2, -0.15) is 0 Å². The average Bonchev–Trinajstić information content (AvgIpc) is 3.03. The maximum absolute atomic E-state index is 13.2. The van der Waals surface area contributed by atoms with Gasteiger partial charge in [0.1, 0.15) is 6.54 Å². The molecule has 0 aliphatic heterocycles. The first-order valence-corrected chi connectivity index (χ1v) is 10.0. The molecule has 0 spiro atoms. The van der Waals surface area contributed by atoms with Crippen molar-refractivity contribution in [3.8, 4) is 5.69 Å². The molecule has 6 heteroatoms. The van der Waals surface area contributed by atoms with E-state index in [-0.39, 0.29) is 18.0 Å². The van der Waals surface area contributed by atoms with E-state index in [4.69, 9.17) is 0 Å². The SMILES string of the molecule is CCc1cccc(-n2c(=O)c3cccnc3n2CC(=O)Nc2cccc(C)c2C)c1. The molecule has 0 bridgehead atoms. The number of nitrogens with one attached hydrogen (secondary N) is 1. The van der Waals surface area contributed by atoms with Crippen LogP contribution in [0, 0.1) is 13.8 Å². The highest BCUT2D eigenvalue weighted by atomic mass is 16.2. The number of aryl methyl sites for hydroxylation is 2. The summed E-state index contributed by atoms with van der Waals surface area (Å²) in [7, 11) is 0. The Morgan fingerprint density at radius 2 is 1.87 bits per heavy atom. The Balaban J connectivity index is 1.79. The van der Waals surface area contributed by atoms with E-state index >= 15 is 0 Å². The number of amides is 1. The third-order valence-electron chi connectivity index (χ3n) is 5.43. The Kier molecular flexibility index (Phi) is 5.23. The van der Waals surface area contributed by atoms with E-state index in [1.165, 1.54) is 0 Å². The molecule has 4 rings (SSSR count). The van der Waals surface area contributed by atoms with Crippen molar-refractivity contribution in [3.63, 3.8) is 0 Å². The van der Waals surface area contributed by atoms with Crippen molar-refractivity contribution < 1.29 is 4.79 Å². The van der Waals surface area contributed by atoms with Gasteiger partial charge in [0, 0.05) is 11.9 Å². The number of benzene rings is 2. The van der Waals surface area contributed by atoms with Crippen molar-refractivity contribution in [1.29, 1.82) is 0 Å². The van der Waals surface area contributed by atoms with Gasteiger partial charge in [0.15, 0.2) is 5.65 Å². The van der Waals surface area contributed by atoms with Crippen molar-refractivity contribution in [3.05, 3.63) is 87.8 Å². The minimum absolute atomic E-state index is 0.0283. The highest BCUT2D eigenvalue weighted by molar-refractivity contribution is 5.92. The lowest BCUT2D eigenvalue weighted by molar-refractivity contribution is -0.116. The monoisotopic (exact) mass is 400 g/mol. The molecule has 4 aromatic rings. The number of hydrogen-bond acceptors (Lipinski definition) is 3. The molecule has 30 heavy (non-hydrogen) atoms. The first kappa shape index (κ1) is 19.6. The normalized spacial score (nSPS) is 11.0. The molecule has 0 saturated heterocycles. The first-order valence-electron chi connectivity index (χ1n) is 10.0. The number of pyridine rings is 1. The lowest BCUT2D eigenvalue weighted by Crippen LogP contribution is -2.27. The van der Waals surface area contributed by atoms with Crippen LogP contribution < -0.4 is 10.9 Å². The van der Waals surface area contributed by atoms with Crippen LogP contribution in [-0.4, -0.2) is 20.3 Å². The summed E-state index contributed by atoms with van der Waals surface area (Å²) in [6.45, 7) is 6.02. The van der Waals surface area contributed by atoms with Gasteiger partial charge in [-0.1, -0.05) is 31.2 Å². The summed E-state index contributed by atoms with van der Waals surface area (Å²) < 4.78 is 3.19. The van der Waals surface area contributed by atoms with Gasteiger partial charge in [-0.15, -0.1) is 0 Å². The summed E-state index contributed by atoms with van der Waals surface area (Å²) in [6.07, 6.45) is 2.49. The zero-order chi connectivity index (χ0) is 21.3. The second kappa shape index (κ2) is 7.99. The maximum atomic E-state index is 13.2. The number of carbonyl (C=O) groups is 1. The highest BCUT2D eigenvalue weighted by Gasteiger charge is 2.18. The molecule has 0 saturated carbocycles. The zero-order valence-corrected chi connectivity index (χ0v) is 17.3. The molecule has 0 unspecified atom stereocenters. The minimum Gasteiger partial charge on any atom is -0.324 e. The van der Waals surface area contributed by atoms with Gasteiger partial charge in [0.25, 0.3) is 5.56 Å². The fourth-order valence-corrected chi connectivity index (χ4v) is 3.61. The Morgan fingerprint density at radius 1 is 1.07 bits per heavy atom. The summed E-state index contributed by atoms with van der Waals surface area (Å²) >= 11 is 0. The molecule has 0 atom stereocenters. The molecule has 1 N–H and O–H groups in total. The van der Waals surface area contributed by atoms with Crippen LogP contribution in [0.25, 0.3) is 16.7 Å². The maximum Gasteiger partial charge on any atom is 0.280 e. The van der Waals surface area contributed by atoms with Gasteiger partial charge >= 0.3 is 0 Å². The molecule has 2 heterocycles. The van der Waals surface area contributed by atoms with E-state index in [0.717, 1.165) is 34.5 Å². The summed E-state index contributed by atoms with van der Waals surface area (Å²) in [4.78, 5) is 30.5. The number of anilines is 1. The number of nitrogens with zero attached hydrogens (tertiary/aromatic N) is 3. The quantitative estimate of drug-likeness (QED) is 0.550. The fourth-order valence-electron chi connectivity index (χ4n) is 3.61. The van der Waals surface area contributed by atoms with Crippen LogP contribution in [0.2, 0.25) is 0 Å². The lowest BCUT2D eigenvalue weighted by atomic mass is 10.1. The van der Waals surface area contributed by atoms with Crippen molar-refractivity contribution in [2.75, 3.05) is 5.32 Å². The number of hydrogen-bond donors (Lipinski definition) is 1. The molecule has 0 aliphatic rings. The third kappa shape index (κ3) is 3.52. The largest absolute Gasteiger partial charge is 0.324 e. The van der Waals surface area contributed by atoms with Gasteiger partial charge in [-0.3, -0.25) is 14.3 Å². The standard InChI is InChI=1S/C24H24N4O2/c1-4-18-9-6-10-19(14-18)28-24(30)20-11-7-13-25-23(20)27(28)15-22(29)26-21-12-5-8-16(2)17(21)3/h5-14H,4,15H2,1-3H3,(H,26,29). The van der Waals surface area contributed by atoms with E-state index in [2.05, 4.69) is 17.2 Å². The van der Waals surface area contributed by atoms with Crippen LogP contribution in [0.4, 0.5) is 5.69 Å². The minimum atomic E-state index is -0.216. The number of rotatable bonds is 5. The average molecular weight is 400 g/mol. The van der Waals surface area contributed by atoms with Crippen molar-refractivity contribution in [1.82, 2.24) is 14.3 Å². The van der Waals surface area contributed by atoms with E-state index in [0.29, 0.717) is 11.0 Å². The Morgan fingerprint density at radius 3 is 2.67 bits per heavy atom. The molecule has 2 aromatic heterocycles. The fraction of sp³-hybridized carbons (Fsp3) is 0.208. The van der Waals surface area contributed by atoms with Gasteiger partial charge in [0.2, 0.25) is 5.91 Å². The molecule has 2 aromatic carbocycles. The van der Waals surface area contributed by atoms with Gasteiger partial charge in [-0.05, 0) is 67.3 Å². The molecule has 0 aliphatic carbocycles. The number of carbonyl (C=O) groups excluding carboxylic acids is 1. The van der Waals surface area contributed by atoms with Crippen molar-refractivity contribution in [2.45, 2.75) is 33.7 Å². The Labute approximate surface area is 174 Å². The molecule has 0 radical (unpaired) electrons. The van der Waals surface area contributed by atoms with Gasteiger partial charge in [0.05, 0.1) is 11.1 Å². The molecule has 152 valence electrons. The van der Waals surface area contributed by atoms with E-state index in [9.17, 15) is 9.59 Å². The van der Waals surface area contributed by atoms with Gasteiger partial charge in [-0.25, -0.2) is 9.67 Å². The van der Waals surface area contributed by atoms with Crippen LogP contribution in [-0.2, 0) is 17.8 Å². The summed E-state index contributed by atoms with van der Waals surface area (Å²) in [5.41, 5.74) is 5.03. The van der Waals surface area contributed by atoms with Gasteiger partial charge < -0.3 is 5.32 Å². The Hall–Kier alpha value is -3.67. The predicted octanol–water partition coefficient (Wildman–Crippen LogP) is 4.01. The zero-order valence-electron chi connectivity index (χ0n) is 17.3. The summed E-state index contributed by atoms with van der Waals surface area (Å²) in [5, 5.41) is 3.46. The predicted molar refractivity (Wildman–Crippen MR) is 119 cm³/mol. The van der Waals surface area contributed by atoms with Crippen molar-refractivity contribution in [2.24, 2.45) is 0 Å². The van der Waals surface area contributed by atoms with Crippen LogP contribution in [0.1, 0.15) is 23.6 Å². The third-order valence-corrected chi connectivity index (χ3v) is 5.43. The molecule has 6 nitrogen and oxygen atoms in total. The second-order valence-electron chi connectivity index (χ2n) is 7.37. The molecule has 1 amide bonds. The van der Waals surface area contributed by atoms with E-state index in [1.54, 1.807) is 27.7 Å². The van der Waals surface area contributed by atoms with Crippen LogP contribution >= 0.6 is 0 Å². The topological polar surface area (TPSA) is 68.9 Å². The smallest absolute Gasteiger partial charge is 0.280 e. The van der Waals surface area contributed by atoms with Crippen molar-refractivity contribution >= 4 is 22.6 Å². The summed E-state index contributed by atoms with van der Waals surface area (Å²) in [5.74, 6) is -0.216. The van der Waals surface area contributed by atoms with E-state index < -0.39 is 0 Å². The van der Waals surface area contributed by atoms with Crippen LogP contribution in [0.3, 0.4) is 0 Å². The molecular weight excluding hydrogens is 376 g/mol. The lowest BCUT2D eigenvalue weighted by Gasteiger charge is -2.14. The van der Waals surface area contributed by atoms with Crippen LogP contribution in [0.15, 0.2) is 65.6 Å². The van der Waals surface area contributed by atoms with Crippen LogP contribution in [0.5, 0.6) is 0 Å². The Bertz CT molecular complexity index is 1300. The number of aromatic nitrogens is 3. The first-order chi connectivity index (χ1) is 14.5.